The lowest BCUT2D eigenvalue weighted by Gasteiger charge is -2.45. The largest absolute Gasteiger partial charge is 0.329 e. The Hall–Kier alpha value is -0.120. The molecule has 0 spiro atoms. The van der Waals surface area contributed by atoms with Crippen molar-refractivity contribution in [2.75, 3.05) is 32.7 Å². The first-order chi connectivity index (χ1) is 11.2. The number of nitrogens with zero attached hydrogens (tertiary/aromatic N) is 1. The third kappa shape index (κ3) is 9.69. The lowest BCUT2D eigenvalue weighted by molar-refractivity contribution is 0.0606. The quantitative estimate of drug-likeness (QED) is 0.385. The number of nitrogens with two attached hydrogens (primary N) is 1. The summed E-state index contributed by atoms with van der Waals surface area (Å²) >= 11 is 0. The highest BCUT2D eigenvalue weighted by atomic mass is 15.2. The lowest BCUT2D eigenvalue weighted by Crippen LogP contribution is -2.56. The van der Waals surface area contributed by atoms with Gasteiger partial charge in [-0.1, -0.05) is 66.2 Å². The van der Waals surface area contributed by atoms with Crippen molar-refractivity contribution < 1.29 is 0 Å². The maximum absolute atomic E-state index is 5.72. The van der Waals surface area contributed by atoms with Crippen LogP contribution in [0.4, 0.5) is 0 Å². The van der Waals surface area contributed by atoms with Crippen molar-refractivity contribution in [3.8, 4) is 0 Å². The van der Waals surface area contributed by atoms with Gasteiger partial charge in [0.1, 0.15) is 0 Å². The van der Waals surface area contributed by atoms with Crippen LogP contribution in [-0.2, 0) is 0 Å². The summed E-state index contributed by atoms with van der Waals surface area (Å²) in [5, 5.41) is 3.66. The molecule has 0 saturated heterocycles. The Labute approximate surface area is 146 Å². The summed E-state index contributed by atoms with van der Waals surface area (Å²) in [5.74, 6) is 0. The fourth-order valence-electron chi connectivity index (χ4n) is 3.45. The first kappa shape index (κ1) is 22.9. The highest BCUT2D eigenvalue weighted by Crippen LogP contribution is 2.29. The van der Waals surface area contributed by atoms with E-state index in [2.05, 4.69) is 37.9 Å². The van der Waals surface area contributed by atoms with Crippen LogP contribution in [0, 0.1) is 0 Å². The summed E-state index contributed by atoms with van der Waals surface area (Å²) in [6.45, 7) is 14.6. The van der Waals surface area contributed by atoms with E-state index in [1.165, 1.54) is 77.3 Å². The van der Waals surface area contributed by atoms with Crippen LogP contribution in [0.1, 0.15) is 91.9 Å². The van der Waals surface area contributed by atoms with Crippen LogP contribution < -0.4 is 11.1 Å². The highest BCUT2D eigenvalue weighted by molar-refractivity contribution is 4.93. The second-order valence-corrected chi connectivity index (χ2v) is 7.09. The van der Waals surface area contributed by atoms with E-state index in [0.717, 1.165) is 19.6 Å². The minimum Gasteiger partial charge on any atom is -0.329 e. The molecule has 0 saturated carbocycles. The number of rotatable bonds is 17. The van der Waals surface area contributed by atoms with Crippen molar-refractivity contribution in [1.29, 1.82) is 0 Å². The van der Waals surface area contributed by atoms with Crippen molar-refractivity contribution in [2.24, 2.45) is 5.73 Å². The fourth-order valence-corrected chi connectivity index (χ4v) is 3.45. The second-order valence-electron chi connectivity index (χ2n) is 7.09. The molecule has 3 nitrogen and oxygen atoms in total. The normalized spacial score (nSPS) is 12.3. The maximum atomic E-state index is 5.72. The second kappa shape index (κ2) is 15.4. The van der Waals surface area contributed by atoms with Gasteiger partial charge in [0.05, 0.1) is 0 Å². The molecule has 23 heavy (non-hydrogen) atoms. The van der Waals surface area contributed by atoms with Gasteiger partial charge in [0, 0.05) is 25.2 Å². The van der Waals surface area contributed by atoms with E-state index in [1.807, 2.05) is 0 Å². The summed E-state index contributed by atoms with van der Waals surface area (Å²) in [4.78, 5) is 2.84. The number of hydrogen-bond acceptors (Lipinski definition) is 3. The van der Waals surface area contributed by atoms with Crippen molar-refractivity contribution in [3.63, 3.8) is 0 Å². The standard InChI is InChI=1S/C20H45N3/c1-5-9-13-20(14-10-6-2,19-22-16-15-21)23(17-11-7-3)18-12-8-4/h22H,5-19,21H2,1-4H3. The molecule has 0 aromatic rings. The van der Waals surface area contributed by atoms with Crippen LogP contribution in [0.2, 0.25) is 0 Å². The van der Waals surface area contributed by atoms with E-state index in [-0.39, 0.29) is 0 Å². The topological polar surface area (TPSA) is 41.3 Å². The smallest absolute Gasteiger partial charge is 0.0333 e. The summed E-state index contributed by atoms with van der Waals surface area (Å²) in [6.07, 6.45) is 13.1. The van der Waals surface area contributed by atoms with Gasteiger partial charge < -0.3 is 11.1 Å². The molecule has 0 aromatic carbocycles. The van der Waals surface area contributed by atoms with Crippen molar-refractivity contribution in [1.82, 2.24) is 10.2 Å². The Morgan fingerprint density at radius 3 is 1.65 bits per heavy atom. The Morgan fingerprint density at radius 2 is 1.26 bits per heavy atom. The van der Waals surface area contributed by atoms with Crippen LogP contribution in [0.3, 0.4) is 0 Å². The molecule has 0 amide bonds. The summed E-state index contributed by atoms with van der Waals surface area (Å²) < 4.78 is 0. The van der Waals surface area contributed by atoms with Gasteiger partial charge in [0.15, 0.2) is 0 Å². The van der Waals surface area contributed by atoms with Gasteiger partial charge in [-0.15, -0.1) is 0 Å². The molecule has 0 aromatic heterocycles. The monoisotopic (exact) mass is 327 g/mol. The predicted molar refractivity (Wildman–Crippen MR) is 105 cm³/mol. The predicted octanol–water partition coefficient (Wildman–Crippen LogP) is 4.56. The Balaban J connectivity index is 5.16. The third-order valence-electron chi connectivity index (χ3n) is 5.00. The molecule has 0 radical (unpaired) electrons. The average molecular weight is 328 g/mol. The number of unbranched alkanes of at least 4 members (excludes halogenated alkanes) is 4. The molecular formula is C20H45N3. The zero-order valence-corrected chi connectivity index (χ0v) is 16.6. The molecule has 3 heteroatoms. The third-order valence-corrected chi connectivity index (χ3v) is 5.00. The van der Waals surface area contributed by atoms with Crippen LogP contribution >= 0.6 is 0 Å². The Kier molecular flexibility index (Phi) is 15.3. The van der Waals surface area contributed by atoms with Crippen LogP contribution in [0.15, 0.2) is 0 Å². The minimum absolute atomic E-state index is 0.339. The average Bonchev–Trinajstić information content (AvgIpc) is 2.57. The van der Waals surface area contributed by atoms with Gasteiger partial charge in [-0.05, 0) is 38.8 Å². The van der Waals surface area contributed by atoms with Crippen molar-refractivity contribution in [2.45, 2.75) is 97.4 Å². The molecule has 3 N–H and O–H groups in total. The number of nitrogens with one attached hydrogen (secondary N) is 1. The first-order valence-corrected chi connectivity index (χ1v) is 10.4. The molecule has 0 aliphatic carbocycles. The molecule has 0 fully saturated rings. The highest BCUT2D eigenvalue weighted by Gasteiger charge is 2.34. The maximum Gasteiger partial charge on any atom is 0.0333 e. The van der Waals surface area contributed by atoms with Gasteiger partial charge in [0.25, 0.3) is 0 Å². The van der Waals surface area contributed by atoms with Gasteiger partial charge >= 0.3 is 0 Å². The van der Waals surface area contributed by atoms with Gasteiger partial charge in [-0.3, -0.25) is 4.90 Å². The van der Waals surface area contributed by atoms with Crippen molar-refractivity contribution in [3.05, 3.63) is 0 Å². The van der Waals surface area contributed by atoms with E-state index in [4.69, 9.17) is 5.73 Å². The van der Waals surface area contributed by atoms with E-state index >= 15 is 0 Å². The van der Waals surface area contributed by atoms with Gasteiger partial charge in [-0.2, -0.15) is 0 Å². The van der Waals surface area contributed by atoms with Crippen LogP contribution in [-0.4, -0.2) is 43.2 Å². The zero-order valence-electron chi connectivity index (χ0n) is 16.6. The Bertz CT molecular complexity index is 227. The van der Waals surface area contributed by atoms with E-state index in [1.54, 1.807) is 0 Å². The minimum atomic E-state index is 0.339. The molecule has 0 unspecified atom stereocenters. The first-order valence-electron chi connectivity index (χ1n) is 10.4. The summed E-state index contributed by atoms with van der Waals surface area (Å²) in [6, 6.07) is 0. The van der Waals surface area contributed by atoms with E-state index in [9.17, 15) is 0 Å². The van der Waals surface area contributed by atoms with Crippen molar-refractivity contribution >= 4 is 0 Å². The lowest BCUT2D eigenvalue weighted by atomic mass is 9.84. The van der Waals surface area contributed by atoms with Gasteiger partial charge in [-0.25, -0.2) is 0 Å². The molecule has 0 bridgehead atoms. The van der Waals surface area contributed by atoms with Crippen LogP contribution in [0.5, 0.6) is 0 Å². The Morgan fingerprint density at radius 1 is 0.783 bits per heavy atom. The molecule has 0 heterocycles. The molecular weight excluding hydrogens is 282 g/mol. The zero-order chi connectivity index (χ0) is 17.4. The van der Waals surface area contributed by atoms with Crippen LogP contribution in [0.25, 0.3) is 0 Å². The summed E-state index contributed by atoms with van der Waals surface area (Å²) in [5.41, 5.74) is 6.06. The van der Waals surface area contributed by atoms with Gasteiger partial charge in [0.2, 0.25) is 0 Å². The summed E-state index contributed by atoms with van der Waals surface area (Å²) in [7, 11) is 0. The number of hydrogen-bond donors (Lipinski definition) is 2. The van der Waals surface area contributed by atoms with E-state index in [0.29, 0.717) is 5.54 Å². The molecule has 0 atom stereocenters. The molecule has 140 valence electrons. The molecule has 0 rings (SSSR count). The molecule has 0 aliphatic heterocycles. The van der Waals surface area contributed by atoms with E-state index < -0.39 is 0 Å². The SMILES string of the molecule is CCCCN(CCCC)C(CCCC)(CCCC)CNCCN. The molecule has 0 aliphatic rings. The fraction of sp³-hybridized carbons (Fsp3) is 1.00.